The van der Waals surface area contributed by atoms with Crippen LogP contribution in [0.25, 0.3) is 0 Å². The Morgan fingerprint density at radius 1 is 1.38 bits per heavy atom. The predicted molar refractivity (Wildman–Crippen MR) is 55.4 cm³/mol. The lowest BCUT2D eigenvalue weighted by atomic mass is 9.92. The van der Waals surface area contributed by atoms with Crippen LogP contribution in [0.4, 0.5) is 0 Å². The lowest BCUT2D eigenvalue weighted by molar-refractivity contribution is 0.418. The first-order valence-electron chi connectivity index (χ1n) is 4.82. The fraction of sp³-hybridized carbons (Fsp3) is 0.545. The van der Waals surface area contributed by atoms with Gasteiger partial charge in [-0.1, -0.05) is 6.92 Å². The minimum Gasteiger partial charge on any atom is -0.325 e. The molecule has 1 heterocycles. The smallest absolute Gasteiger partial charge is 0.0270 e. The summed E-state index contributed by atoms with van der Waals surface area (Å²) >= 11 is 0. The summed E-state index contributed by atoms with van der Waals surface area (Å²) in [4.78, 5) is 3.98. The van der Waals surface area contributed by atoms with Gasteiger partial charge in [-0.05, 0) is 43.9 Å². The van der Waals surface area contributed by atoms with Gasteiger partial charge in [-0.15, -0.1) is 0 Å². The Kier molecular flexibility index (Phi) is 3.43. The van der Waals surface area contributed by atoms with Crippen molar-refractivity contribution < 1.29 is 0 Å². The van der Waals surface area contributed by atoms with E-state index in [4.69, 9.17) is 5.73 Å². The minimum absolute atomic E-state index is 0.0245. The molecule has 0 aliphatic carbocycles. The zero-order valence-corrected chi connectivity index (χ0v) is 8.46. The molecule has 1 unspecified atom stereocenters. The molecule has 0 fully saturated rings. The van der Waals surface area contributed by atoms with Crippen molar-refractivity contribution in [2.75, 3.05) is 0 Å². The zero-order valence-electron chi connectivity index (χ0n) is 8.46. The summed E-state index contributed by atoms with van der Waals surface area (Å²) in [5, 5.41) is 0. The molecule has 0 bridgehead atoms. The van der Waals surface area contributed by atoms with Gasteiger partial charge in [-0.2, -0.15) is 0 Å². The molecule has 1 rings (SSSR count). The third-order valence-electron chi connectivity index (χ3n) is 2.54. The van der Waals surface area contributed by atoms with Gasteiger partial charge in [-0.3, -0.25) is 4.98 Å². The highest BCUT2D eigenvalue weighted by Crippen LogP contribution is 2.13. The maximum absolute atomic E-state index is 6.05. The van der Waals surface area contributed by atoms with Crippen molar-refractivity contribution in [3.05, 3.63) is 30.1 Å². The molecule has 0 saturated heterocycles. The highest BCUT2D eigenvalue weighted by molar-refractivity contribution is 5.10. The van der Waals surface area contributed by atoms with E-state index in [9.17, 15) is 0 Å². The first kappa shape index (κ1) is 10.2. The van der Waals surface area contributed by atoms with E-state index in [0.717, 1.165) is 19.3 Å². The van der Waals surface area contributed by atoms with Crippen molar-refractivity contribution in [3.63, 3.8) is 0 Å². The second-order valence-electron chi connectivity index (χ2n) is 3.86. The summed E-state index contributed by atoms with van der Waals surface area (Å²) < 4.78 is 0. The number of hydrogen-bond acceptors (Lipinski definition) is 2. The van der Waals surface area contributed by atoms with Crippen LogP contribution in [0.15, 0.2) is 24.5 Å². The van der Waals surface area contributed by atoms with E-state index in [-0.39, 0.29) is 5.54 Å². The molecule has 13 heavy (non-hydrogen) atoms. The van der Waals surface area contributed by atoms with Crippen molar-refractivity contribution in [3.8, 4) is 0 Å². The Balaban J connectivity index is 2.44. The SMILES string of the molecule is CCC(C)(N)CCc1ccncc1. The summed E-state index contributed by atoms with van der Waals surface area (Å²) in [5.74, 6) is 0. The first-order valence-corrected chi connectivity index (χ1v) is 4.82. The molecule has 2 N–H and O–H groups in total. The minimum atomic E-state index is -0.0245. The second-order valence-corrected chi connectivity index (χ2v) is 3.86. The molecule has 1 atom stereocenters. The fourth-order valence-electron chi connectivity index (χ4n) is 1.16. The third-order valence-corrected chi connectivity index (χ3v) is 2.54. The van der Waals surface area contributed by atoms with Crippen LogP contribution in [0, 0.1) is 0 Å². The second kappa shape index (κ2) is 4.38. The standard InChI is InChI=1S/C11H18N2/c1-3-11(2,12)7-4-10-5-8-13-9-6-10/h5-6,8-9H,3-4,7,12H2,1-2H3. The van der Waals surface area contributed by atoms with E-state index in [1.165, 1.54) is 5.56 Å². The average molecular weight is 178 g/mol. The molecule has 0 saturated carbocycles. The quantitative estimate of drug-likeness (QED) is 0.767. The van der Waals surface area contributed by atoms with Gasteiger partial charge in [0, 0.05) is 17.9 Å². The Morgan fingerprint density at radius 3 is 2.54 bits per heavy atom. The number of rotatable bonds is 4. The lowest BCUT2D eigenvalue weighted by Crippen LogP contribution is -2.35. The summed E-state index contributed by atoms with van der Waals surface area (Å²) in [7, 11) is 0. The third kappa shape index (κ3) is 3.55. The van der Waals surface area contributed by atoms with Crippen molar-refractivity contribution in [2.45, 2.75) is 38.6 Å². The van der Waals surface area contributed by atoms with Gasteiger partial charge in [0.15, 0.2) is 0 Å². The van der Waals surface area contributed by atoms with Crippen LogP contribution in [0.5, 0.6) is 0 Å². The van der Waals surface area contributed by atoms with Crippen molar-refractivity contribution in [1.82, 2.24) is 4.98 Å². The molecule has 0 aliphatic rings. The van der Waals surface area contributed by atoms with E-state index < -0.39 is 0 Å². The van der Waals surface area contributed by atoms with Crippen LogP contribution in [-0.2, 0) is 6.42 Å². The van der Waals surface area contributed by atoms with E-state index >= 15 is 0 Å². The van der Waals surface area contributed by atoms with E-state index in [1.54, 1.807) is 0 Å². The molecular weight excluding hydrogens is 160 g/mol. The van der Waals surface area contributed by atoms with Crippen LogP contribution >= 0.6 is 0 Å². The van der Waals surface area contributed by atoms with Gasteiger partial charge < -0.3 is 5.73 Å². The van der Waals surface area contributed by atoms with E-state index in [0.29, 0.717) is 0 Å². The maximum Gasteiger partial charge on any atom is 0.0270 e. The number of aromatic nitrogens is 1. The normalized spacial score (nSPS) is 15.3. The average Bonchev–Trinajstić information content (AvgIpc) is 2.17. The molecule has 2 heteroatoms. The maximum atomic E-state index is 6.05. The monoisotopic (exact) mass is 178 g/mol. The van der Waals surface area contributed by atoms with E-state index in [2.05, 4.69) is 18.8 Å². The largest absolute Gasteiger partial charge is 0.325 e. The molecule has 0 aromatic carbocycles. The fourth-order valence-corrected chi connectivity index (χ4v) is 1.16. The number of hydrogen-bond donors (Lipinski definition) is 1. The van der Waals surface area contributed by atoms with Gasteiger partial charge in [0.1, 0.15) is 0 Å². The Hall–Kier alpha value is -0.890. The highest BCUT2D eigenvalue weighted by Gasteiger charge is 2.14. The molecule has 0 radical (unpaired) electrons. The van der Waals surface area contributed by atoms with Gasteiger partial charge in [0.05, 0.1) is 0 Å². The van der Waals surface area contributed by atoms with Crippen molar-refractivity contribution >= 4 is 0 Å². The Morgan fingerprint density at radius 2 is 2.00 bits per heavy atom. The molecule has 1 aromatic rings. The molecule has 0 aliphatic heterocycles. The molecule has 0 amide bonds. The number of pyridine rings is 1. The molecule has 1 aromatic heterocycles. The topological polar surface area (TPSA) is 38.9 Å². The van der Waals surface area contributed by atoms with Crippen LogP contribution in [0.2, 0.25) is 0 Å². The number of nitrogens with two attached hydrogens (primary N) is 1. The summed E-state index contributed by atoms with van der Waals surface area (Å²) in [6, 6.07) is 4.09. The zero-order chi connectivity index (χ0) is 9.73. The van der Waals surface area contributed by atoms with Crippen LogP contribution in [0.1, 0.15) is 32.3 Å². The van der Waals surface area contributed by atoms with Crippen molar-refractivity contribution in [2.24, 2.45) is 5.73 Å². The van der Waals surface area contributed by atoms with Crippen LogP contribution < -0.4 is 5.73 Å². The van der Waals surface area contributed by atoms with Gasteiger partial charge >= 0.3 is 0 Å². The summed E-state index contributed by atoms with van der Waals surface area (Å²) in [6.07, 6.45) is 6.76. The van der Waals surface area contributed by atoms with Crippen molar-refractivity contribution in [1.29, 1.82) is 0 Å². The Bertz CT molecular complexity index is 242. The predicted octanol–water partition coefficient (Wildman–Crippen LogP) is 2.14. The highest BCUT2D eigenvalue weighted by atomic mass is 14.7. The first-order chi connectivity index (χ1) is 6.14. The van der Waals surface area contributed by atoms with Crippen LogP contribution in [0.3, 0.4) is 0 Å². The van der Waals surface area contributed by atoms with Crippen LogP contribution in [-0.4, -0.2) is 10.5 Å². The van der Waals surface area contributed by atoms with Gasteiger partial charge in [-0.25, -0.2) is 0 Å². The molecule has 2 nitrogen and oxygen atoms in total. The molecular formula is C11H18N2. The summed E-state index contributed by atoms with van der Waals surface area (Å²) in [6.45, 7) is 4.24. The molecule has 72 valence electrons. The lowest BCUT2D eigenvalue weighted by Gasteiger charge is -2.22. The van der Waals surface area contributed by atoms with Gasteiger partial charge in [0.2, 0.25) is 0 Å². The number of nitrogens with zero attached hydrogens (tertiary/aromatic N) is 1. The molecule has 0 spiro atoms. The van der Waals surface area contributed by atoms with Gasteiger partial charge in [0.25, 0.3) is 0 Å². The number of aryl methyl sites for hydroxylation is 1. The summed E-state index contributed by atoms with van der Waals surface area (Å²) in [5.41, 5.74) is 7.34. The Labute approximate surface area is 80.2 Å². The van der Waals surface area contributed by atoms with E-state index in [1.807, 2.05) is 24.5 Å².